The summed E-state index contributed by atoms with van der Waals surface area (Å²) in [6.45, 7) is 4.12. The molecule has 1 aromatic carbocycles. The van der Waals surface area contributed by atoms with Crippen molar-refractivity contribution in [2.24, 2.45) is 5.92 Å². The molecule has 3 nitrogen and oxygen atoms in total. The van der Waals surface area contributed by atoms with Gasteiger partial charge in [-0.1, -0.05) is 41.9 Å². The second-order valence-corrected chi connectivity index (χ2v) is 7.02. The number of hydrogen-bond acceptors (Lipinski definition) is 2. The van der Waals surface area contributed by atoms with Crippen molar-refractivity contribution in [3.8, 4) is 0 Å². The lowest BCUT2D eigenvalue weighted by atomic mass is 9.75. The number of aliphatic carboxylic acids is 1. The van der Waals surface area contributed by atoms with Crippen molar-refractivity contribution in [1.29, 1.82) is 0 Å². The Morgan fingerprint density at radius 3 is 2.70 bits per heavy atom. The van der Waals surface area contributed by atoms with Crippen molar-refractivity contribution >= 4 is 21.9 Å². The molecule has 0 aliphatic heterocycles. The highest BCUT2D eigenvalue weighted by Crippen LogP contribution is 2.38. The Bertz CT molecular complexity index is 469. The molecule has 2 rings (SSSR count). The lowest BCUT2D eigenvalue weighted by Crippen LogP contribution is -2.49. The smallest absolute Gasteiger partial charge is 0.320 e. The Kier molecular flexibility index (Phi) is 5.22. The van der Waals surface area contributed by atoms with E-state index in [4.69, 9.17) is 0 Å². The average molecular weight is 340 g/mol. The zero-order chi connectivity index (χ0) is 14.7. The lowest BCUT2D eigenvalue weighted by Gasteiger charge is -2.38. The summed E-state index contributed by atoms with van der Waals surface area (Å²) in [4.78, 5) is 11.2. The number of carbonyl (C=O) groups is 1. The van der Waals surface area contributed by atoms with Gasteiger partial charge in [-0.15, -0.1) is 0 Å². The molecule has 1 aromatic rings. The third-order valence-corrected chi connectivity index (χ3v) is 4.39. The first-order valence-corrected chi connectivity index (χ1v) is 7.99. The average Bonchev–Trinajstić information content (AvgIpc) is 2.30. The molecular formula is C16H22BrNO2. The largest absolute Gasteiger partial charge is 0.480 e. The minimum absolute atomic E-state index is 0.332. The van der Waals surface area contributed by atoms with E-state index in [9.17, 15) is 9.90 Å². The Morgan fingerprint density at radius 2 is 2.15 bits per heavy atom. The van der Waals surface area contributed by atoms with Crippen LogP contribution in [0.3, 0.4) is 0 Å². The van der Waals surface area contributed by atoms with E-state index in [2.05, 4.69) is 53.3 Å². The maximum Gasteiger partial charge on any atom is 0.320 e. The summed E-state index contributed by atoms with van der Waals surface area (Å²) in [6, 6.07) is 8.31. The third-order valence-electron chi connectivity index (χ3n) is 3.90. The van der Waals surface area contributed by atoms with Crippen LogP contribution in [-0.2, 0) is 4.79 Å². The van der Waals surface area contributed by atoms with Crippen LogP contribution in [-0.4, -0.2) is 23.2 Å². The molecule has 1 atom stereocenters. The SMILES string of the molecule is CC(C)CC(NC1CC(c2cccc(Br)c2)C1)C(=O)O. The quantitative estimate of drug-likeness (QED) is 0.828. The van der Waals surface area contributed by atoms with Gasteiger partial charge >= 0.3 is 5.97 Å². The first kappa shape index (κ1) is 15.5. The maximum atomic E-state index is 11.2. The van der Waals surface area contributed by atoms with Gasteiger partial charge in [0.15, 0.2) is 0 Å². The summed E-state index contributed by atoms with van der Waals surface area (Å²) in [7, 11) is 0. The minimum Gasteiger partial charge on any atom is -0.480 e. The molecule has 20 heavy (non-hydrogen) atoms. The van der Waals surface area contributed by atoms with Gasteiger partial charge in [-0.2, -0.15) is 0 Å². The Balaban J connectivity index is 1.85. The van der Waals surface area contributed by atoms with E-state index in [0.717, 1.165) is 17.3 Å². The summed E-state index contributed by atoms with van der Waals surface area (Å²) >= 11 is 3.49. The monoisotopic (exact) mass is 339 g/mol. The fourth-order valence-electron chi connectivity index (χ4n) is 2.78. The van der Waals surface area contributed by atoms with E-state index in [1.807, 2.05) is 6.07 Å². The van der Waals surface area contributed by atoms with Gasteiger partial charge in [-0.05, 0) is 48.8 Å². The fourth-order valence-corrected chi connectivity index (χ4v) is 3.20. The summed E-state index contributed by atoms with van der Waals surface area (Å²) in [5.74, 6) is 0.215. The van der Waals surface area contributed by atoms with E-state index >= 15 is 0 Å². The number of nitrogens with one attached hydrogen (secondary N) is 1. The summed E-state index contributed by atoms with van der Waals surface area (Å²) in [6.07, 6.45) is 2.74. The van der Waals surface area contributed by atoms with Gasteiger partial charge in [-0.25, -0.2) is 0 Å². The first-order valence-electron chi connectivity index (χ1n) is 7.20. The number of carboxylic acids is 1. The van der Waals surface area contributed by atoms with Crippen LogP contribution in [0.4, 0.5) is 0 Å². The topological polar surface area (TPSA) is 49.3 Å². The van der Waals surface area contributed by atoms with E-state index in [0.29, 0.717) is 24.3 Å². The van der Waals surface area contributed by atoms with Crippen molar-refractivity contribution in [1.82, 2.24) is 5.32 Å². The molecule has 1 saturated carbocycles. The standard InChI is InChI=1S/C16H22BrNO2/c1-10(2)6-15(16(19)20)18-14-8-12(9-14)11-4-3-5-13(17)7-11/h3-5,7,10,12,14-15,18H,6,8-9H2,1-2H3,(H,19,20). The second kappa shape index (κ2) is 6.72. The third kappa shape index (κ3) is 4.06. The molecule has 0 heterocycles. The molecule has 0 spiro atoms. The van der Waals surface area contributed by atoms with Gasteiger partial charge in [0.1, 0.15) is 6.04 Å². The molecule has 0 bridgehead atoms. The van der Waals surface area contributed by atoms with Crippen LogP contribution in [0.25, 0.3) is 0 Å². The highest BCUT2D eigenvalue weighted by atomic mass is 79.9. The van der Waals surface area contributed by atoms with Crippen LogP contribution in [0.5, 0.6) is 0 Å². The van der Waals surface area contributed by atoms with Gasteiger partial charge in [0.2, 0.25) is 0 Å². The number of carboxylic acid groups (broad SMARTS) is 1. The molecule has 110 valence electrons. The van der Waals surface area contributed by atoms with Crippen LogP contribution in [0.15, 0.2) is 28.7 Å². The Hall–Kier alpha value is -0.870. The van der Waals surface area contributed by atoms with E-state index < -0.39 is 12.0 Å². The molecule has 2 N–H and O–H groups in total. The Labute approximate surface area is 128 Å². The van der Waals surface area contributed by atoms with Gasteiger partial charge in [-0.3, -0.25) is 4.79 Å². The van der Waals surface area contributed by atoms with Crippen molar-refractivity contribution in [2.75, 3.05) is 0 Å². The second-order valence-electron chi connectivity index (χ2n) is 6.11. The first-order chi connectivity index (χ1) is 9.45. The summed E-state index contributed by atoms with van der Waals surface area (Å²) in [5.41, 5.74) is 1.34. The predicted octanol–water partition coefficient (Wildman–Crippen LogP) is 3.78. The molecule has 0 saturated heterocycles. The molecule has 1 fully saturated rings. The molecule has 0 radical (unpaired) electrons. The van der Waals surface area contributed by atoms with Crippen molar-refractivity contribution < 1.29 is 9.90 Å². The highest BCUT2D eigenvalue weighted by molar-refractivity contribution is 9.10. The van der Waals surface area contributed by atoms with Crippen molar-refractivity contribution in [3.05, 3.63) is 34.3 Å². The number of rotatable bonds is 6. The minimum atomic E-state index is -0.732. The highest BCUT2D eigenvalue weighted by Gasteiger charge is 2.33. The normalized spacial score (nSPS) is 23.4. The number of hydrogen-bond donors (Lipinski definition) is 2. The van der Waals surface area contributed by atoms with Crippen molar-refractivity contribution in [3.63, 3.8) is 0 Å². The number of benzene rings is 1. The van der Waals surface area contributed by atoms with Gasteiger partial charge in [0.05, 0.1) is 0 Å². The zero-order valence-corrected chi connectivity index (χ0v) is 13.6. The van der Waals surface area contributed by atoms with Crippen molar-refractivity contribution in [2.45, 2.75) is 51.1 Å². The van der Waals surface area contributed by atoms with E-state index in [1.165, 1.54) is 5.56 Å². The van der Waals surface area contributed by atoms with Crippen LogP contribution >= 0.6 is 15.9 Å². The number of halogens is 1. The van der Waals surface area contributed by atoms with Gasteiger partial charge in [0, 0.05) is 10.5 Å². The molecule has 1 aliphatic rings. The maximum absolute atomic E-state index is 11.2. The van der Waals surface area contributed by atoms with E-state index in [1.54, 1.807) is 0 Å². The fraction of sp³-hybridized carbons (Fsp3) is 0.562. The summed E-state index contributed by atoms with van der Waals surface area (Å²) < 4.78 is 1.11. The molecular weight excluding hydrogens is 318 g/mol. The summed E-state index contributed by atoms with van der Waals surface area (Å²) in [5, 5.41) is 12.5. The molecule has 1 unspecified atom stereocenters. The van der Waals surface area contributed by atoms with Gasteiger partial charge in [0.25, 0.3) is 0 Å². The van der Waals surface area contributed by atoms with Crippen LogP contribution in [0.2, 0.25) is 0 Å². The predicted molar refractivity (Wildman–Crippen MR) is 83.9 cm³/mol. The molecule has 0 amide bonds. The van der Waals surface area contributed by atoms with Crippen LogP contribution in [0, 0.1) is 5.92 Å². The molecule has 0 aromatic heterocycles. The zero-order valence-electron chi connectivity index (χ0n) is 12.0. The molecule has 1 aliphatic carbocycles. The lowest BCUT2D eigenvalue weighted by molar-refractivity contribution is -0.140. The molecule has 4 heteroatoms. The van der Waals surface area contributed by atoms with Gasteiger partial charge < -0.3 is 10.4 Å². The van der Waals surface area contributed by atoms with Crippen LogP contribution in [0.1, 0.15) is 44.6 Å². The van der Waals surface area contributed by atoms with Crippen LogP contribution < -0.4 is 5.32 Å². The van der Waals surface area contributed by atoms with E-state index in [-0.39, 0.29) is 0 Å². The Morgan fingerprint density at radius 1 is 1.45 bits per heavy atom.